The predicted octanol–water partition coefficient (Wildman–Crippen LogP) is 5.97. The van der Waals surface area contributed by atoms with Crippen LogP contribution >= 0.6 is 11.8 Å². The summed E-state index contributed by atoms with van der Waals surface area (Å²) >= 11 is 1.23. The van der Waals surface area contributed by atoms with Gasteiger partial charge in [-0.2, -0.15) is 0 Å². The van der Waals surface area contributed by atoms with Gasteiger partial charge < -0.3 is 20.7 Å². The van der Waals surface area contributed by atoms with Crippen LogP contribution in [0.5, 0.6) is 5.75 Å². The van der Waals surface area contributed by atoms with Crippen molar-refractivity contribution in [2.75, 3.05) is 23.5 Å². The molecule has 3 amide bonds. The van der Waals surface area contributed by atoms with E-state index >= 15 is 0 Å². The molecule has 0 unspecified atom stereocenters. The van der Waals surface area contributed by atoms with Crippen molar-refractivity contribution in [2.24, 2.45) is 0 Å². The Hall–Kier alpha value is -4.89. The average molecular weight is 556 g/mol. The fraction of sp³-hybridized carbons (Fsp3) is 0.0645. The second-order valence-corrected chi connectivity index (χ2v) is 9.50. The Kier molecular flexibility index (Phi) is 9.68. The highest BCUT2D eigenvalue weighted by molar-refractivity contribution is 8.00. The smallest absolute Gasteiger partial charge is 0.272 e. The zero-order valence-corrected chi connectivity index (χ0v) is 22.3. The maximum Gasteiger partial charge on any atom is 0.272 e. The van der Waals surface area contributed by atoms with Gasteiger partial charge in [-0.25, -0.2) is 4.39 Å². The molecule has 0 saturated carbocycles. The van der Waals surface area contributed by atoms with Gasteiger partial charge in [0.15, 0.2) is 0 Å². The number of hydrogen-bond donors (Lipinski definition) is 3. The molecule has 4 rings (SSSR count). The number of amides is 3. The lowest BCUT2D eigenvalue weighted by atomic mass is 10.1. The van der Waals surface area contributed by atoms with E-state index in [1.807, 2.05) is 0 Å². The van der Waals surface area contributed by atoms with Crippen LogP contribution < -0.4 is 20.7 Å². The van der Waals surface area contributed by atoms with Crippen molar-refractivity contribution in [2.45, 2.75) is 4.90 Å². The highest BCUT2D eigenvalue weighted by Crippen LogP contribution is 2.23. The lowest BCUT2D eigenvalue weighted by Crippen LogP contribution is -2.30. The number of methoxy groups -OCH3 is 1. The molecule has 0 saturated heterocycles. The lowest BCUT2D eigenvalue weighted by molar-refractivity contribution is -0.114. The third-order valence-electron chi connectivity index (χ3n) is 5.54. The van der Waals surface area contributed by atoms with Crippen LogP contribution in [-0.2, 0) is 9.59 Å². The Morgan fingerprint density at radius 2 is 1.60 bits per heavy atom. The van der Waals surface area contributed by atoms with Gasteiger partial charge in [-0.15, -0.1) is 11.8 Å². The normalized spacial score (nSPS) is 10.9. The Labute approximate surface area is 235 Å². The number of ether oxygens (including phenoxy) is 1. The molecule has 7 nitrogen and oxygen atoms in total. The molecule has 0 aliphatic heterocycles. The second kappa shape index (κ2) is 13.8. The van der Waals surface area contributed by atoms with Gasteiger partial charge in [0.25, 0.3) is 11.8 Å². The van der Waals surface area contributed by atoms with E-state index in [0.29, 0.717) is 27.5 Å². The summed E-state index contributed by atoms with van der Waals surface area (Å²) in [7, 11) is 1.54. The molecule has 3 N–H and O–H groups in total. The first kappa shape index (κ1) is 28.1. The molecular weight excluding hydrogens is 529 g/mol. The Morgan fingerprint density at radius 3 is 2.38 bits per heavy atom. The molecule has 0 heterocycles. The topological polar surface area (TPSA) is 96.5 Å². The van der Waals surface area contributed by atoms with E-state index in [-0.39, 0.29) is 23.0 Å². The molecular formula is C31H26FN3O4S. The maximum absolute atomic E-state index is 13.8. The molecule has 0 aromatic heterocycles. The summed E-state index contributed by atoms with van der Waals surface area (Å²) in [5.41, 5.74) is 1.67. The summed E-state index contributed by atoms with van der Waals surface area (Å²) in [6.07, 6.45) is 1.56. The Bertz CT molecular complexity index is 1540. The number of hydrogen-bond acceptors (Lipinski definition) is 5. The number of carbonyl (C=O) groups excluding carboxylic acids is 3. The predicted molar refractivity (Wildman–Crippen MR) is 156 cm³/mol. The number of thioether (sulfide) groups is 1. The third kappa shape index (κ3) is 8.05. The molecule has 0 aliphatic carbocycles. The van der Waals surface area contributed by atoms with Crippen LogP contribution in [0.25, 0.3) is 6.08 Å². The molecule has 0 spiro atoms. The largest absolute Gasteiger partial charge is 0.497 e. The van der Waals surface area contributed by atoms with Crippen molar-refractivity contribution in [3.8, 4) is 5.75 Å². The van der Waals surface area contributed by atoms with Gasteiger partial charge >= 0.3 is 0 Å². The van der Waals surface area contributed by atoms with Gasteiger partial charge in [0.2, 0.25) is 5.91 Å². The Balaban J connectivity index is 1.47. The van der Waals surface area contributed by atoms with E-state index in [0.717, 1.165) is 0 Å². The minimum absolute atomic E-state index is 0.0319. The van der Waals surface area contributed by atoms with E-state index < -0.39 is 17.6 Å². The van der Waals surface area contributed by atoms with E-state index in [9.17, 15) is 18.8 Å². The number of benzene rings is 4. The van der Waals surface area contributed by atoms with Gasteiger partial charge in [0, 0.05) is 16.1 Å². The van der Waals surface area contributed by atoms with Crippen molar-refractivity contribution >= 4 is 46.9 Å². The van der Waals surface area contributed by atoms with Gasteiger partial charge in [-0.05, 0) is 66.2 Å². The van der Waals surface area contributed by atoms with Crippen LogP contribution in [0.4, 0.5) is 15.8 Å². The van der Waals surface area contributed by atoms with Gasteiger partial charge in [0.1, 0.15) is 17.3 Å². The first-order valence-corrected chi connectivity index (χ1v) is 13.2. The van der Waals surface area contributed by atoms with Gasteiger partial charge in [0.05, 0.1) is 18.6 Å². The highest BCUT2D eigenvalue weighted by Gasteiger charge is 2.16. The Morgan fingerprint density at radius 1 is 0.850 bits per heavy atom. The molecule has 0 fully saturated rings. The number of para-hydroxylation sites is 1. The van der Waals surface area contributed by atoms with Crippen LogP contribution in [0.1, 0.15) is 15.9 Å². The molecule has 0 atom stereocenters. The molecule has 202 valence electrons. The van der Waals surface area contributed by atoms with Crippen LogP contribution in [-0.4, -0.2) is 30.6 Å². The van der Waals surface area contributed by atoms with E-state index in [1.165, 1.54) is 23.9 Å². The van der Waals surface area contributed by atoms with Crippen molar-refractivity contribution in [1.82, 2.24) is 5.32 Å². The monoisotopic (exact) mass is 555 g/mol. The number of anilines is 2. The molecule has 9 heteroatoms. The third-order valence-corrected chi connectivity index (χ3v) is 6.54. The van der Waals surface area contributed by atoms with Gasteiger partial charge in [-0.1, -0.05) is 48.5 Å². The fourth-order valence-electron chi connectivity index (χ4n) is 3.60. The van der Waals surface area contributed by atoms with Crippen molar-refractivity contribution in [3.05, 3.63) is 126 Å². The molecule has 0 aliphatic rings. The van der Waals surface area contributed by atoms with E-state index in [4.69, 9.17) is 4.74 Å². The minimum atomic E-state index is -0.536. The van der Waals surface area contributed by atoms with E-state index in [2.05, 4.69) is 16.0 Å². The lowest BCUT2D eigenvalue weighted by Gasteiger charge is -2.12. The van der Waals surface area contributed by atoms with Crippen molar-refractivity contribution < 1.29 is 23.5 Å². The van der Waals surface area contributed by atoms with Gasteiger partial charge in [-0.3, -0.25) is 14.4 Å². The maximum atomic E-state index is 13.8. The summed E-state index contributed by atoms with van der Waals surface area (Å²) in [4.78, 5) is 39.2. The number of nitrogens with one attached hydrogen (secondary N) is 3. The average Bonchev–Trinajstić information content (AvgIpc) is 2.97. The number of halogens is 1. The molecule has 0 bridgehead atoms. The highest BCUT2D eigenvalue weighted by atomic mass is 32.2. The first-order valence-electron chi connectivity index (χ1n) is 12.2. The molecule has 0 radical (unpaired) electrons. The quantitative estimate of drug-likeness (QED) is 0.165. The van der Waals surface area contributed by atoms with Crippen LogP contribution in [0.15, 0.2) is 114 Å². The van der Waals surface area contributed by atoms with Crippen molar-refractivity contribution in [3.63, 3.8) is 0 Å². The SMILES string of the molecule is COc1cccc(/C=C(\NC(=O)c2ccccc2)C(=O)Nc2cccc(SCC(=O)Nc3ccccc3F)c2)c1. The zero-order chi connectivity index (χ0) is 28.3. The first-order chi connectivity index (χ1) is 19.4. The molecule has 4 aromatic carbocycles. The van der Waals surface area contributed by atoms with Crippen LogP contribution in [0.2, 0.25) is 0 Å². The summed E-state index contributed by atoms with van der Waals surface area (Å²) < 4.78 is 19.1. The minimum Gasteiger partial charge on any atom is -0.497 e. The molecule has 4 aromatic rings. The van der Waals surface area contributed by atoms with Crippen LogP contribution in [0, 0.1) is 5.82 Å². The summed E-state index contributed by atoms with van der Waals surface area (Å²) in [6, 6.07) is 28.5. The number of carbonyl (C=O) groups is 3. The zero-order valence-electron chi connectivity index (χ0n) is 21.5. The number of rotatable bonds is 10. The van der Waals surface area contributed by atoms with Crippen molar-refractivity contribution in [1.29, 1.82) is 0 Å². The summed E-state index contributed by atoms with van der Waals surface area (Å²) in [5.74, 6) is -1.20. The summed E-state index contributed by atoms with van der Waals surface area (Å²) in [6.45, 7) is 0. The molecule has 40 heavy (non-hydrogen) atoms. The standard InChI is InChI=1S/C31H26FN3O4S/c1-39-24-13-7-9-21(17-24)18-28(35-30(37)22-10-3-2-4-11-22)31(38)33-23-12-8-14-25(19-23)40-20-29(36)34-27-16-6-5-15-26(27)32/h2-19H,20H2,1H3,(H,33,38)(H,34,36)(H,35,37)/b28-18-. The second-order valence-electron chi connectivity index (χ2n) is 8.45. The van der Waals surface area contributed by atoms with Crippen LogP contribution in [0.3, 0.4) is 0 Å². The fourth-order valence-corrected chi connectivity index (χ4v) is 4.36. The summed E-state index contributed by atoms with van der Waals surface area (Å²) in [5, 5.41) is 8.05. The van der Waals surface area contributed by atoms with E-state index in [1.54, 1.807) is 104 Å².